The first-order chi connectivity index (χ1) is 12.5. The van der Waals surface area contributed by atoms with Crippen LogP contribution in [0.25, 0.3) is 0 Å². The largest absolute Gasteiger partial charge is 0.486 e. The zero-order valence-electron chi connectivity index (χ0n) is 14.3. The lowest BCUT2D eigenvalue weighted by atomic mass is 10.0. The SMILES string of the molecule is O=S(=O)(c1ccc2c(c1)CCNCC2)N1CC(Oc2ccccc2Cl)C1. The minimum atomic E-state index is -3.48. The lowest BCUT2D eigenvalue weighted by molar-refractivity contribution is 0.0763. The third kappa shape index (κ3) is 3.47. The van der Waals surface area contributed by atoms with E-state index in [-0.39, 0.29) is 6.10 Å². The highest BCUT2D eigenvalue weighted by Crippen LogP contribution is 2.29. The van der Waals surface area contributed by atoms with Crippen molar-refractivity contribution in [2.75, 3.05) is 26.2 Å². The van der Waals surface area contributed by atoms with Gasteiger partial charge in [0.2, 0.25) is 10.0 Å². The molecule has 0 aromatic heterocycles. The Kier molecular flexibility index (Phi) is 4.92. The van der Waals surface area contributed by atoms with Crippen LogP contribution in [0.2, 0.25) is 5.02 Å². The zero-order chi connectivity index (χ0) is 18.1. The summed E-state index contributed by atoms with van der Waals surface area (Å²) >= 11 is 6.09. The van der Waals surface area contributed by atoms with Gasteiger partial charge in [-0.25, -0.2) is 8.42 Å². The maximum absolute atomic E-state index is 12.9. The average Bonchev–Trinajstić information content (AvgIpc) is 2.83. The Morgan fingerprint density at radius 2 is 1.77 bits per heavy atom. The standard InChI is InChI=1S/C19H21ClN2O3S/c20-18-3-1-2-4-19(18)25-16-12-22(13-16)26(23,24)17-6-5-14-7-9-21-10-8-15(14)11-17/h1-6,11,16,21H,7-10,12-13H2. The van der Waals surface area contributed by atoms with Crippen LogP contribution in [-0.4, -0.2) is 45.0 Å². The quantitative estimate of drug-likeness (QED) is 0.868. The monoisotopic (exact) mass is 392 g/mol. The van der Waals surface area contributed by atoms with Gasteiger partial charge in [-0.05, 0) is 61.3 Å². The van der Waals surface area contributed by atoms with Gasteiger partial charge in [0.15, 0.2) is 0 Å². The van der Waals surface area contributed by atoms with E-state index in [2.05, 4.69) is 5.32 Å². The van der Waals surface area contributed by atoms with Crippen molar-refractivity contribution in [3.05, 3.63) is 58.6 Å². The molecule has 0 amide bonds. The van der Waals surface area contributed by atoms with E-state index in [0.29, 0.717) is 28.8 Å². The lowest BCUT2D eigenvalue weighted by Gasteiger charge is -2.38. The molecule has 4 rings (SSSR count). The van der Waals surface area contributed by atoms with E-state index in [1.54, 1.807) is 18.2 Å². The third-order valence-corrected chi connectivity index (χ3v) is 7.04. The lowest BCUT2D eigenvalue weighted by Crippen LogP contribution is -2.55. The van der Waals surface area contributed by atoms with Gasteiger partial charge >= 0.3 is 0 Å². The number of benzene rings is 2. The topological polar surface area (TPSA) is 58.6 Å². The van der Waals surface area contributed by atoms with E-state index in [9.17, 15) is 8.42 Å². The molecule has 0 radical (unpaired) electrons. The highest BCUT2D eigenvalue weighted by Gasteiger charge is 2.38. The molecule has 26 heavy (non-hydrogen) atoms. The molecule has 7 heteroatoms. The minimum Gasteiger partial charge on any atom is -0.486 e. The van der Waals surface area contributed by atoms with Gasteiger partial charge in [-0.15, -0.1) is 0 Å². The van der Waals surface area contributed by atoms with Crippen molar-refractivity contribution >= 4 is 21.6 Å². The molecule has 2 aromatic carbocycles. The highest BCUT2D eigenvalue weighted by molar-refractivity contribution is 7.89. The van der Waals surface area contributed by atoms with E-state index in [1.165, 1.54) is 9.87 Å². The number of rotatable bonds is 4. The summed E-state index contributed by atoms with van der Waals surface area (Å²) in [4.78, 5) is 0.370. The maximum atomic E-state index is 12.9. The fourth-order valence-corrected chi connectivity index (χ4v) is 5.09. The summed E-state index contributed by atoms with van der Waals surface area (Å²) in [5.74, 6) is 0.591. The first-order valence-electron chi connectivity index (χ1n) is 8.78. The smallest absolute Gasteiger partial charge is 0.243 e. The van der Waals surface area contributed by atoms with Crippen LogP contribution in [0.1, 0.15) is 11.1 Å². The Morgan fingerprint density at radius 1 is 1.04 bits per heavy atom. The summed E-state index contributed by atoms with van der Waals surface area (Å²) in [7, 11) is -3.48. The predicted molar refractivity (Wildman–Crippen MR) is 101 cm³/mol. The molecule has 1 fully saturated rings. The molecule has 2 aliphatic rings. The van der Waals surface area contributed by atoms with Gasteiger partial charge in [-0.2, -0.15) is 4.31 Å². The zero-order valence-corrected chi connectivity index (χ0v) is 15.9. The van der Waals surface area contributed by atoms with Crippen LogP contribution in [-0.2, 0) is 22.9 Å². The molecule has 0 aliphatic carbocycles. The summed E-state index contributed by atoms with van der Waals surface area (Å²) in [6.45, 7) is 2.50. The van der Waals surface area contributed by atoms with Crippen LogP contribution < -0.4 is 10.1 Å². The Balaban J connectivity index is 1.45. The molecule has 2 aliphatic heterocycles. The summed E-state index contributed by atoms with van der Waals surface area (Å²) in [6, 6.07) is 12.7. The van der Waals surface area contributed by atoms with Crippen LogP contribution in [0.15, 0.2) is 47.4 Å². The Hall–Kier alpha value is -1.60. The number of hydrogen-bond donors (Lipinski definition) is 1. The predicted octanol–water partition coefficient (Wildman–Crippen LogP) is 2.48. The van der Waals surface area contributed by atoms with Gasteiger partial charge < -0.3 is 10.1 Å². The van der Waals surface area contributed by atoms with Crippen molar-refractivity contribution < 1.29 is 13.2 Å². The molecule has 138 valence electrons. The average molecular weight is 393 g/mol. The molecular weight excluding hydrogens is 372 g/mol. The van der Waals surface area contributed by atoms with Gasteiger partial charge in [0.05, 0.1) is 23.0 Å². The normalized spacial score (nSPS) is 18.7. The van der Waals surface area contributed by atoms with E-state index in [0.717, 1.165) is 31.5 Å². The van der Waals surface area contributed by atoms with Gasteiger partial charge in [-0.3, -0.25) is 0 Å². The first-order valence-corrected chi connectivity index (χ1v) is 10.6. The van der Waals surface area contributed by atoms with Gasteiger partial charge in [-0.1, -0.05) is 29.8 Å². The van der Waals surface area contributed by atoms with Crippen molar-refractivity contribution in [2.24, 2.45) is 0 Å². The molecule has 1 saturated heterocycles. The van der Waals surface area contributed by atoms with E-state index in [4.69, 9.17) is 16.3 Å². The fraction of sp³-hybridized carbons (Fsp3) is 0.368. The second-order valence-corrected chi connectivity index (χ2v) is 9.02. The highest BCUT2D eigenvalue weighted by atomic mass is 35.5. The third-order valence-electron chi connectivity index (χ3n) is 4.90. The number of nitrogens with one attached hydrogen (secondary N) is 1. The first kappa shape index (κ1) is 17.8. The molecule has 0 bridgehead atoms. The van der Waals surface area contributed by atoms with Crippen molar-refractivity contribution in [1.82, 2.24) is 9.62 Å². The summed E-state index contributed by atoms with van der Waals surface area (Å²) < 4.78 is 33.0. The Labute approximate surface area is 159 Å². The molecule has 2 aromatic rings. The van der Waals surface area contributed by atoms with Crippen LogP contribution in [0.3, 0.4) is 0 Å². The van der Waals surface area contributed by atoms with Gasteiger partial charge in [0.25, 0.3) is 0 Å². The number of nitrogens with zero attached hydrogens (tertiary/aromatic N) is 1. The molecule has 0 spiro atoms. The van der Waals surface area contributed by atoms with Crippen molar-refractivity contribution in [1.29, 1.82) is 0 Å². The number of fused-ring (bicyclic) bond motifs is 1. The fourth-order valence-electron chi connectivity index (χ4n) is 3.35. The Bertz CT molecular complexity index is 911. The molecule has 5 nitrogen and oxygen atoms in total. The molecule has 0 atom stereocenters. The van der Waals surface area contributed by atoms with Crippen LogP contribution in [0.5, 0.6) is 5.75 Å². The molecule has 2 heterocycles. The number of ether oxygens (including phenoxy) is 1. The molecule has 1 N–H and O–H groups in total. The number of hydrogen-bond acceptors (Lipinski definition) is 4. The van der Waals surface area contributed by atoms with Crippen LogP contribution in [0.4, 0.5) is 0 Å². The van der Waals surface area contributed by atoms with Crippen molar-refractivity contribution in [3.8, 4) is 5.75 Å². The molecular formula is C19H21ClN2O3S. The number of para-hydroxylation sites is 1. The summed E-state index contributed by atoms with van der Waals surface area (Å²) in [5, 5.41) is 3.88. The molecule has 0 saturated carbocycles. The van der Waals surface area contributed by atoms with E-state index >= 15 is 0 Å². The van der Waals surface area contributed by atoms with Gasteiger partial charge in [0, 0.05) is 0 Å². The van der Waals surface area contributed by atoms with Crippen LogP contribution >= 0.6 is 11.6 Å². The maximum Gasteiger partial charge on any atom is 0.243 e. The van der Waals surface area contributed by atoms with Crippen LogP contribution in [0, 0.1) is 0 Å². The van der Waals surface area contributed by atoms with E-state index < -0.39 is 10.0 Å². The minimum absolute atomic E-state index is 0.172. The second kappa shape index (κ2) is 7.19. The summed E-state index contributed by atoms with van der Waals surface area (Å²) in [5.41, 5.74) is 2.36. The summed E-state index contributed by atoms with van der Waals surface area (Å²) in [6.07, 6.45) is 1.62. The van der Waals surface area contributed by atoms with Crippen molar-refractivity contribution in [2.45, 2.75) is 23.8 Å². The molecule has 0 unspecified atom stereocenters. The second-order valence-electron chi connectivity index (χ2n) is 6.67. The number of halogens is 1. The Morgan fingerprint density at radius 3 is 2.54 bits per heavy atom. The number of sulfonamides is 1. The van der Waals surface area contributed by atoms with Gasteiger partial charge in [0.1, 0.15) is 11.9 Å². The van der Waals surface area contributed by atoms with E-state index in [1.807, 2.05) is 24.3 Å². The van der Waals surface area contributed by atoms with Crippen molar-refractivity contribution in [3.63, 3.8) is 0 Å².